The number of nitrogens with zero attached hydrogens (tertiary/aromatic N) is 3. The molecule has 2 aliphatic heterocycles. The van der Waals surface area contributed by atoms with E-state index in [0.29, 0.717) is 17.9 Å². The van der Waals surface area contributed by atoms with Gasteiger partial charge in [0, 0.05) is 50.1 Å². The van der Waals surface area contributed by atoms with Gasteiger partial charge in [-0.15, -0.1) is 6.42 Å². The number of para-hydroxylation sites is 1. The summed E-state index contributed by atoms with van der Waals surface area (Å²) in [6.45, 7) is 2.78. The standard InChI is InChI=1S/C32H40F3N5O5/c1-4-31(2,3)40-13-12-39(25(18-40)30(44)37-20-32(33,34)35)17-23(41)15-22(14-21-8-7-11-36-16-21)29(43)38-28-24-9-5-6-10-27(24)45-19-26(28)42/h1,5-11,16,22-23,25-26,28,41-42H,12-15,17-20H2,2-3H3,(H,37,44)(H,38,43)/t22-,23+,25+,26-,28?/m1/s1. The molecule has 1 aromatic carbocycles. The first-order valence-electron chi connectivity index (χ1n) is 14.9. The second kappa shape index (κ2) is 14.6. The van der Waals surface area contributed by atoms with Crippen molar-refractivity contribution in [2.24, 2.45) is 5.92 Å². The number of aliphatic hydroxyl groups is 2. The molecule has 0 aliphatic carbocycles. The summed E-state index contributed by atoms with van der Waals surface area (Å²) in [4.78, 5) is 34.3. The number of pyridine rings is 1. The lowest BCUT2D eigenvalue weighted by atomic mass is 9.91. The van der Waals surface area contributed by atoms with Gasteiger partial charge in [-0.05, 0) is 44.4 Å². The van der Waals surface area contributed by atoms with Crippen LogP contribution in [0, 0.1) is 18.3 Å². The van der Waals surface area contributed by atoms with Gasteiger partial charge in [-0.3, -0.25) is 24.4 Å². The number of carbonyl (C=O) groups excluding carboxylic acids is 2. The Balaban J connectivity index is 1.50. The van der Waals surface area contributed by atoms with Crippen LogP contribution < -0.4 is 15.4 Å². The molecule has 0 spiro atoms. The number of nitrogens with one attached hydrogen (secondary N) is 2. The fourth-order valence-electron chi connectivity index (χ4n) is 5.74. The quantitative estimate of drug-likeness (QED) is 0.276. The molecule has 5 atom stereocenters. The van der Waals surface area contributed by atoms with Crippen molar-refractivity contribution in [3.63, 3.8) is 0 Å². The van der Waals surface area contributed by atoms with Gasteiger partial charge in [0.05, 0.1) is 17.7 Å². The van der Waals surface area contributed by atoms with E-state index in [-0.39, 0.29) is 39.1 Å². The number of hydrogen-bond acceptors (Lipinski definition) is 8. The lowest BCUT2D eigenvalue weighted by Gasteiger charge is -2.46. The summed E-state index contributed by atoms with van der Waals surface area (Å²) in [7, 11) is 0. The molecule has 4 rings (SSSR count). The largest absolute Gasteiger partial charge is 0.490 e. The fourth-order valence-corrected chi connectivity index (χ4v) is 5.74. The van der Waals surface area contributed by atoms with Gasteiger partial charge in [-0.2, -0.15) is 13.2 Å². The minimum absolute atomic E-state index is 0.00188. The van der Waals surface area contributed by atoms with E-state index in [1.807, 2.05) is 16.3 Å². The lowest BCUT2D eigenvalue weighted by molar-refractivity contribution is -0.144. The smallest absolute Gasteiger partial charge is 0.405 e. The van der Waals surface area contributed by atoms with Gasteiger partial charge in [0.2, 0.25) is 11.8 Å². The van der Waals surface area contributed by atoms with E-state index >= 15 is 0 Å². The van der Waals surface area contributed by atoms with Gasteiger partial charge in [-0.25, -0.2) is 0 Å². The van der Waals surface area contributed by atoms with Gasteiger partial charge in [0.15, 0.2) is 0 Å². The number of piperazine rings is 1. The topological polar surface area (TPSA) is 127 Å². The SMILES string of the molecule is C#CC(C)(C)N1CCN(C[C@@H](O)C[C@@H](Cc2cccnc2)C(=O)NC2c3ccccc3OC[C@H]2O)[C@H](C(=O)NCC(F)(F)F)C1. The van der Waals surface area contributed by atoms with E-state index in [1.54, 1.807) is 61.5 Å². The maximum absolute atomic E-state index is 13.7. The summed E-state index contributed by atoms with van der Waals surface area (Å²) < 4.78 is 44.3. The summed E-state index contributed by atoms with van der Waals surface area (Å²) in [5.41, 5.74) is 0.645. The number of rotatable bonds is 11. The van der Waals surface area contributed by atoms with Crippen LogP contribution in [0.25, 0.3) is 0 Å². The zero-order valence-corrected chi connectivity index (χ0v) is 25.3. The van der Waals surface area contributed by atoms with Crippen molar-refractivity contribution in [3.05, 3.63) is 59.9 Å². The first kappa shape index (κ1) is 34.2. The Kier molecular flexibility index (Phi) is 11.1. The number of carbonyl (C=O) groups is 2. The fraction of sp³-hybridized carbons (Fsp3) is 0.531. The van der Waals surface area contributed by atoms with Crippen molar-refractivity contribution in [1.29, 1.82) is 0 Å². The van der Waals surface area contributed by atoms with Crippen molar-refractivity contribution in [2.45, 2.75) is 62.7 Å². The molecule has 45 heavy (non-hydrogen) atoms. The Bertz CT molecular complexity index is 1350. The molecule has 2 aliphatic rings. The van der Waals surface area contributed by atoms with Crippen molar-refractivity contribution >= 4 is 11.8 Å². The molecule has 0 radical (unpaired) electrons. The highest BCUT2D eigenvalue weighted by Gasteiger charge is 2.40. The number of hydrogen-bond donors (Lipinski definition) is 4. The van der Waals surface area contributed by atoms with Crippen molar-refractivity contribution in [2.75, 3.05) is 39.3 Å². The average molecular weight is 632 g/mol. The molecule has 13 heteroatoms. The number of aromatic nitrogens is 1. The predicted octanol–water partition coefficient (Wildman–Crippen LogP) is 1.68. The molecular weight excluding hydrogens is 591 g/mol. The Morgan fingerprint density at radius 3 is 2.64 bits per heavy atom. The summed E-state index contributed by atoms with van der Waals surface area (Å²) in [6, 6.07) is 8.89. The Morgan fingerprint density at radius 1 is 1.20 bits per heavy atom. The molecule has 1 fully saturated rings. The summed E-state index contributed by atoms with van der Waals surface area (Å²) in [5.74, 6) is 1.22. The highest BCUT2D eigenvalue weighted by atomic mass is 19.4. The average Bonchev–Trinajstić information content (AvgIpc) is 3.01. The third-order valence-corrected chi connectivity index (χ3v) is 8.32. The molecule has 1 aromatic heterocycles. The second-order valence-electron chi connectivity index (χ2n) is 12.0. The zero-order valence-electron chi connectivity index (χ0n) is 25.3. The van der Waals surface area contributed by atoms with E-state index in [2.05, 4.69) is 16.2 Å². The van der Waals surface area contributed by atoms with Crippen molar-refractivity contribution < 1.29 is 37.7 Å². The minimum Gasteiger partial charge on any atom is -0.490 e. The Labute approximate surface area is 261 Å². The minimum atomic E-state index is -4.59. The Morgan fingerprint density at radius 2 is 1.96 bits per heavy atom. The first-order valence-corrected chi connectivity index (χ1v) is 14.9. The molecular formula is C32H40F3N5O5. The third kappa shape index (κ3) is 9.17. The van der Waals surface area contributed by atoms with Crippen LogP contribution in [-0.4, -0.2) is 106 Å². The molecule has 4 N–H and O–H groups in total. The third-order valence-electron chi connectivity index (χ3n) is 8.32. The van der Waals surface area contributed by atoms with E-state index < -0.39 is 60.3 Å². The molecule has 1 unspecified atom stereocenters. The van der Waals surface area contributed by atoms with Gasteiger partial charge < -0.3 is 25.6 Å². The van der Waals surface area contributed by atoms with Crippen LogP contribution >= 0.6 is 0 Å². The lowest BCUT2D eigenvalue weighted by Crippen LogP contribution is -2.64. The van der Waals surface area contributed by atoms with Crippen LogP contribution in [0.3, 0.4) is 0 Å². The second-order valence-corrected chi connectivity index (χ2v) is 12.0. The van der Waals surface area contributed by atoms with Crippen LogP contribution in [0.5, 0.6) is 5.75 Å². The van der Waals surface area contributed by atoms with Crippen LogP contribution in [0.4, 0.5) is 13.2 Å². The van der Waals surface area contributed by atoms with E-state index in [0.717, 1.165) is 5.56 Å². The molecule has 3 heterocycles. The number of aliphatic hydroxyl groups excluding tert-OH is 2. The normalized spacial score (nSPS) is 22.3. The van der Waals surface area contributed by atoms with Gasteiger partial charge >= 0.3 is 6.18 Å². The molecule has 2 aromatic rings. The number of alkyl halides is 3. The van der Waals surface area contributed by atoms with Crippen LogP contribution in [0.15, 0.2) is 48.8 Å². The van der Waals surface area contributed by atoms with E-state index in [9.17, 15) is 33.0 Å². The number of benzene rings is 1. The predicted molar refractivity (Wildman–Crippen MR) is 160 cm³/mol. The number of ether oxygens (including phenoxy) is 1. The molecule has 1 saturated heterocycles. The number of fused-ring (bicyclic) bond motifs is 1. The molecule has 0 bridgehead atoms. The first-order chi connectivity index (χ1) is 21.3. The molecule has 2 amide bonds. The van der Waals surface area contributed by atoms with Crippen LogP contribution in [0.2, 0.25) is 0 Å². The summed E-state index contributed by atoms with van der Waals surface area (Å²) in [5, 5.41) is 26.9. The Hall–Kier alpha value is -3.70. The van der Waals surface area contributed by atoms with Crippen molar-refractivity contribution in [1.82, 2.24) is 25.4 Å². The number of β-amino-alcohol motifs (C(OH)–C–C–N with tert-alkyl or cyclic N) is 1. The molecule has 244 valence electrons. The summed E-state index contributed by atoms with van der Waals surface area (Å²) in [6.07, 6.45) is 2.43. The zero-order chi connectivity index (χ0) is 32.8. The highest BCUT2D eigenvalue weighted by Crippen LogP contribution is 2.32. The number of amides is 2. The van der Waals surface area contributed by atoms with E-state index in [1.165, 1.54) is 0 Å². The van der Waals surface area contributed by atoms with Gasteiger partial charge in [0.1, 0.15) is 31.0 Å². The summed E-state index contributed by atoms with van der Waals surface area (Å²) >= 11 is 0. The highest BCUT2D eigenvalue weighted by molar-refractivity contribution is 5.82. The van der Waals surface area contributed by atoms with E-state index in [4.69, 9.17) is 11.2 Å². The maximum atomic E-state index is 13.7. The molecule has 10 nitrogen and oxygen atoms in total. The monoisotopic (exact) mass is 631 g/mol. The number of terminal acetylenes is 1. The number of halogens is 3. The van der Waals surface area contributed by atoms with Crippen molar-refractivity contribution in [3.8, 4) is 18.1 Å². The van der Waals surface area contributed by atoms with Crippen LogP contribution in [0.1, 0.15) is 37.4 Å². The van der Waals surface area contributed by atoms with Gasteiger partial charge in [0.25, 0.3) is 0 Å². The van der Waals surface area contributed by atoms with Crippen LogP contribution in [-0.2, 0) is 16.0 Å². The molecule has 0 saturated carbocycles. The van der Waals surface area contributed by atoms with Gasteiger partial charge in [-0.1, -0.05) is 30.2 Å². The maximum Gasteiger partial charge on any atom is 0.405 e.